The molecule has 0 aliphatic carbocycles. The quantitative estimate of drug-likeness (QED) is 0.623. The van der Waals surface area contributed by atoms with Crippen molar-refractivity contribution in [2.75, 3.05) is 57.4 Å². The molecule has 33 heavy (non-hydrogen) atoms. The molecule has 2 aliphatic rings. The van der Waals surface area contributed by atoms with Gasteiger partial charge in [0.25, 0.3) is 0 Å². The number of carbonyl (C=O) groups excluding carboxylic acids is 1. The highest BCUT2D eigenvalue weighted by Gasteiger charge is 2.32. The van der Waals surface area contributed by atoms with Gasteiger partial charge in [-0.25, -0.2) is 12.8 Å². The molecule has 2 aliphatic heterocycles. The predicted molar refractivity (Wildman–Crippen MR) is 121 cm³/mol. The number of sulfonamides is 1. The molecule has 1 amide bonds. The lowest BCUT2D eigenvalue weighted by atomic mass is 10.2. The summed E-state index contributed by atoms with van der Waals surface area (Å²) in [6, 6.07) is 6.37. The topological polar surface area (TPSA) is 88.0 Å². The van der Waals surface area contributed by atoms with Crippen LogP contribution in [0.1, 0.15) is 17.8 Å². The second-order valence-corrected chi connectivity index (χ2v) is 10.2. The van der Waals surface area contributed by atoms with Gasteiger partial charge in [-0.15, -0.1) is 0 Å². The van der Waals surface area contributed by atoms with Crippen molar-refractivity contribution < 1.29 is 22.3 Å². The Labute approximate surface area is 193 Å². The molecular weight excluding hydrogens is 449 g/mol. The molecule has 9 nitrogen and oxygen atoms in total. The van der Waals surface area contributed by atoms with Crippen LogP contribution in [0.3, 0.4) is 0 Å². The van der Waals surface area contributed by atoms with Crippen LogP contribution in [0, 0.1) is 19.7 Å². The Morgan fingerprint density at radius 3 is 2.30 bits per heavy atom. The van der Waals surface area contributed by atoms with Gasteiger partial charge in [0.1, 0.15) is 10.7 Å². The number of aromatic nitrogens is 2. The van der Waals surface area contributed by atoms with Gasteiger partial charge in [0.05, 0.1) is 31.1 Å². The predicted octanol–water partition coefficient (Wildman–Crippen LogP) is 1.40. The average Bonchev–Trinajstić information content (AvgIpc) is 3.12. The van der Waals surface area contributed by atoms with E-state index in [0.717, 1.165) is 5.69 Å². The summed E-state index contributed by atoms with van der Waals surface area (Å²) in [6.07, 6.45) is 0.246. The number of piperazine rings is 1. The number of halogens is 1. The van der Waals surface area contributed by atoms with Crippen molar-refractivity contribution >= 4 is 21.6 Å². The summed E-state index contributed by atoms with van der Waals surface area (Å²) in [5.41, 5.74) is 1.94. The molecule has 0 unspecified atom stereocenters. The van der Waals surface area contributed by atoms with Crippen LogP contribution in [0.25, 0.3) is 0 Å². The van der Waals surface area contributed by atoms with Gasteiger partial charge in [-0.05, 0) is 38.1 Å². The van der Waals surface area contributed by atoms with Crippen LogP contribution in [0.4, 0.5) is 10.1 Å². The summed E-state index contributed by atoms with van der Waals surface area (Å²) in [7, 11) is -3.65. The van der Waals surface area contributed by atoms with Crippen molar-refractivity contribution in [1.29, 1.82) is 0 Å². The van der Waals surface area contributed by atoms with E-state index < -0.39 is 10.0 Å². The molecule has 180 valence electrons. The van der Waals surface area contributed by atoms with Crippen molar-refractivity contribution in [2.24, 2.45) is 0 Å². The summed E-state index contributed by atoms with van der Waals surface area (Å²) in [5, 5.41) is 4.42. The second kappa shape index (κ2) is 9.78. The van der Waals surface area contributed by atoms with Gasteiger partial charge in [-0.2, -0.15) is 9.40 Å². The molecule has 0 N–H and O–H groups in total. The largest absolute Gasteiger partial charge is 0.379 e. The molecule has 1 aromatic heterocycles. The number of nitrogens with zero attached hydrogens (tertiary/aromatic N) is 5. The maximum absolute atomic E-state index is 13.1. The summed E-state index contributed by atoms with van der Waals surface area (Å²) in [6.45, 7) is 7.70. The van der Waals surface area contributed by atoms with Crippen LogP contribution in [-0.4, -0.2) is 85.8 Å². The molecule has 0 saturated carbocycles. The highest BCUT2D eigenvalue weighted by Crippen LogP contribution is 2.24. The monoisotopic (exact) mass is 479 g/mol. The zero-order chi connectivity index (χ0) is 23.6. The number of aryl methyl sites for hydroxylation is 2. The summed E-state index contributed by atoms with van der Waals surface area (Å²) in [5.74, 6) is -0.253. The number of amides is 1. The molecule has 11 heteroatoms. The van der Waals surface area contributed by atoms with Crippen molar-refractivity contribution in [3.8, 4) is 0 Å². The van der Waals surface area contributed by atoms with Gasteiger partial charge in [0.15, 0.2) is 0 Å². The minimum absolute atomic E-state index is 0.0129. The van der Waals surface area contributed by atoms with E-state index in [2.05, 4.69) is 10.00 Å². The fourth-order valence-electron chi connectivity index (χ4n) is 4.41. The fraction of sp³-hybridized carbons (Fsp3) is 0.545. The Balaban J connectivity index is 1.35. The van der Waals surface area contributed by atoms with Gasteiger partial charge in [-0.3, -0.25) is 9.48 Å². The number of ether oxygens (including phenoxy) is 1. The summed E-state index contributed by atoms with van der Waals surface area (Å²) >= 11 is 0. The fourth-order valence-corrected chi connectivity index (χ4v) is 6.19. The average molecular weight is 480 g/mol. The molecular formula is C22H30FN5O4S. The minimum Gasteiger partial charge on any atom is -0.379 e. The molecule has 1 aromatic carbocycles. The zero-order valence-electron chi connectivity index (χ0n) is 19.0. The van der Waals surface area contributed by atoms with E-state index in [1.54, 1.807) is 30.7 Å². The highest BCUT2D eigenvalue weighted by molar-refractivity contribution is 7.89. The Morgan fingerprint density at radius 2 is 1.67 bits per heavy atom. The van der Waals surface area contributed by atoms with E-state index in [1.165, 1.54) is 16.4 Å². The zero-order valence-corrected chi connectivity index (χ0v) is 19.9. The van der Waals surface area contributed by atoms with Crippen LogP contribution < -0.4 is 4.90 Å². The maximum Gasteiger partial charge on any atom is 0.246 e. The second-order valence-electron chi connectivity index (χ2n) is 8.33. The van der Waals surface area contributed by atoms with Crippen molar-refractivity contribution in [1.82, 2.24) is 19.0 Å². The molecule has 0 radical (unpaired) electrons. The molecule has 0 atom stereocenters. The standard InChI is InChI=1S/C22H30FN5O4S/c1-17-22(33(30,31)27-13-15-32-16-14-27)18(2)28(24-17)8-7-21(29)26-11-9-25(10-12-26)20-5-3-19(23)4-6-20/h3-6H,7-16H2,1-2H3. The molecule has 2 saturated heterocycles. The number of hydrogen-bond acceptors (Lipinski definition) is 6. The number of benzene rings is 1. The van der Waals surface area contributed by atoms with Gasteiger partial charge >= 0.3 is 0 Å². The first-order valence-corrected chi connectivity index (χ1v) is 12.6. The SMILES string of the molecule is Cc1nn(CCC(=O)N2CCN(c3ccc(F)cc3)CC2)c(C)c1S(=O)(=O)N1CCOCC1. The third-order valence-electron chi connectivity index (χ3n) is 6.24. The number of hydrogen-bond donors (Lipinski definition) is 0. The number of anilines is 1. The molecule has 0 spiro atoms. The highest BCUT2D eigenvalue weighted by atomic mass is 32.2. The number of carbonyl (C=O) groups is 1. The van der Waals surface area contributed by atoms with E-state index in [4.69, 9.17) is 4.74 Å². The Bertz CT molecular complexity index is 1090. The van der Waals surface area contributed by atoms with E-state index in [1.807, 2.05) is 4.90 Å². The third-order valence-corrected chi connectivity index (χ3v) is 8.40. The molecule has 0 bridgehead atoms. The molecule has 3 heterocycles. The van der Waals surface area contributed by atoms with Crippen molar-refractivity contribution in [3.05, 3.63) is 41.5 Å². The molecule has 4 rings (SSSR count). The van der Waals surface area contributed by atoms with Crippen LogP contribution in [0.2, 0.25) is 0 Å². The first kappa shape index (κ1) is 23.7. The lowest BCUT2D eigenvalue weighted by molar-refractivity contribution is -0.131. The van der Waals surface area contributed by atoms with E-state index in [9.17, 15) is 17.6 Å². The van der Waals surface area contributed by atoms with Crippen LogP contribution in [0.5, 0.6) is 0 Å². The van der Waals surface area contributed by atoms with Crippen molar-refractivity contribution in [2.45, 2.75) is 31.7 Å². The van der Waals surface area contributed by atoms with Gasteiger partial charge in [0.2, 0.25) is 15.9 Å². The van der Waals surface area contributed by atoms with E-state index in [-0.39, 0.29) is 23.0 Å². The molecule has 2 aromatic rings. The summed E-state index contributed by atoms with van der Waals surface area (Å²) < 4.78 is 47.7. The first-order valence-electron chi connectivity index (χ1n) is 11.2. The van der Waals surface area contributed by atoms with Crippen LogP contribution in [-0.2, 0) is 26.1 Å². The normalized spacial score (nSPS) is 18.0. The van der Waals surface area contributed by atoms with Gasteiger partial charge < -0.3 is 14.5 Å². The first-order chi connectivity index (χ1) is 15.8. The Hall–Kier alpha value is -2.50. The van der Waals surface area contributed by atoms with Crippen molar-refractivity contribution in [3.63, 3.8) is 0 Å². The Kier molecular flexibility index (Phi) is 7.01. The van der Waals surface area contributed by atoms with Gasteiger partial charge in [0, 0.05) is 51.4 Å². The lowest BCUT2D eigenvalue weighted by Crippen LogP contribution is -2.49. The third kappa shape index (κ3) is 5.04. The number of morpholine rings is 1. The van der Waals surface area contributed by atoms with E-state index in [0.29, 0.717) is 70.4 Å². The van der Waals surface area contributed by atoms with Crippen LogP contribution >= 0.6 is 0 Å². The Morgan fingerprint density at radius 1 is 1.03 bits per heavy atom. The molecule has 2 fully saturated rings. The minimum atomic E-state index is -3.65. The maximum atomic E-state index is 13.1. The summed E-state index contributed by atoms with van der Waals surface area (Å²) in [4.78, 5) is 17.0. The number of rotatable bonds is 6. The smallest absolute Gasteiger partial charge is 0.246 e. The lowest BCUT2D eigenvalue weighted by Gasteiger charge is -2.36. The van der Waals surface area contributed by atoms with Gasteiger partial charge in [-0.1, -0.05) is 0 Å². The van der Waals surface area contributed by atoms with Crippen LogP contribution in [0.15, 0.2) is 29.2 Å². The van der Waals surface area contributed by atoms with E-state index >= 15 is 0 Å².